The van der Waals surface area contributed by atoms with Crippen LogP contribution in [-0.2, 0) is 10.0 Å². The molecule has 0 unspecified atom stereocenters. The van der Waals surface area contributed by atoms with Crippen LogP contribution in [0.1, 0.15) is 54.6 Å². The second-order valence-electron chi connectivity index (χ2n) is 8.27. The van der Waals surface area contributed by atoms with Crippen LogP contribution in [0.4, 0.5) is 0 Å². The number of amidine groups is 1. The van der Waals surface area contributed by atoms with Crippen molar-refractivity contribution in [2.45, 2.75) is 33.1 Å². The Hall–Kier alpha value is -2.87. The lowest BCUT2D eigenvalue weighted by Gasteiger charge is -2.23. The molecular weight excluding hydrogens is 414 g/mol. The van der Waals surface area contributed by atoms with Crippen LogP contribution in [-0.4, -0.2) is 56.1 Å². The normalized spacial score (nSPS) is 19.0. The summed E-state index contributed by atoms with van der Waals surface area (Å²) < 4.78 is 35.0. The molecule has 1 saturated heterocycles. The average Bonchev–Trinajstić information content (AvgIpc) is 3.26. The van der Waals surface area contributed by atoms with Crippen molar-refractivity contribution in [3.63, 3.8) is 0 Å². The monoisotopic (exact) mass is 441 g/mol. The third-order valence-corrected chi connectivity index (χ3v) is 7.30. The van der Waals surface area contributed by atoms with Crippen LogP contribution in [0.25, 0.3) is 4.91 Å². The van der Waals surface area contributed by atoms with Crippen molar-refractivity contribution in [1.82, 2.24) is 9.80 Å². The first-order valence-electron chi connectivity index (χ1n) is 10.5. The lowest BCUT2D eigenvalue weighted by atomic mass is 10.0. The van der Waals surface area contributed by atoms with Crippen LogP contribution < -0.4 is 0 Å². The van der Waals surface area contributed by atoms with Gasteiger partial charge in [0.2, 0.25) is 0 Å². The standard InChI is InChI=1S/C23H27N3O4S/c1-16(2)18-5-7-19(8-6-18)21-17(3)22(24-31(21,28)29)25-10-4-11-26(13-12-25)23(27)20-9-14-30-15-20/h5-9,14-16H,4,10-13H2,1-3H3. The molecule has 7 nitrogen and oxygen atoms in total. The first kappa shape index (κ1) is 21.4. The van der Waals surface area contributed by atoms with Crippen molar-refractivity contribution in [2.24, 2.45) is 4.40 Å². The molecule has 1 aromatic heterocycles. The number of carbonyl (C=O) groups is 1. The number of furan rings is 1. The summed E-state index contributed by atoms with van der Waals surface area (Å²) in [6, 6.07) is 9.32. The summed E-state index contributed by atoms with van der Waals surface area (Å²) in [6.07, 6.45) is 3.66. The molecular formula is C23H27N3O4S. The van der Waals surface area contributed by atoms with Crippen molar-refractivity contribution in [2.75, 3.05) is 26.2 Å². The number of benzene rings is 1. The fourth-order valence-electron chi connectivity index (χ4n) is 4.10. The molecule has 2 aliphatic heterocycles. The number of carbonyl (C=O) groups excluding carboxylic acids is 1. The zero-order valence-corrected chi connectivity index (χ0v) is 18.9. The van der Waals surface area contributed by atoms with E-state index in [0.717, 1.165) is 12.0 Å². The second kappa shape index (κ2) is 8.34. The van der Waals surface area contributed by atoms with Crippen molar-refractivity contribution < 1.29 is 17.6 Å². The van der Waals surface area contributed by atoms with Gasteiger partial charge in [-0.25, -0.2) is 0 Å². The molecule has 0 saturated carbocycles. The molecule has 0 radical (unpaired) electrons. The Morgan fingerprint density at radius 3 is 2.45 bits per heavy atom. The van der Waals surface area contributed by atoms with Crippen molar-refractivity contribution in [3.05, 3.63) is 65.1 Å². The van der Waals surface area contributed by atoms with Crippen LogP contribution in [0, 0.1) is 0 Å². The molecule has 1 fully saturated rings. The Labute approximate surface area is 183 Å². The van der Waals surface area contributed by atoms with Crippen LogP contribution in [0.2, 0.25) is 0 Å². The Morgan fingerprint density at radius 1 is 1.06 bits per heavy atom. The van der Waals surface area contributed by atoms with Crippen LogP contribution in [0.15, 0.2) is 57.2 Å². The van der Waals surface area contributed by atoms with E-state index in [1.165, 1.54) is 12.5 Å². The maximum Gasteiger partial charge on any atom is 0.285 e. The summed E-state index contributed by atoms with van der Waals surface area (Å²) in [5.74, 6) is 0.788. The van der Waals surface area contributed by atoms with Gasteiger partial charge in [0.25, 0.3) is 15.9 Å². The van der Waals surface area contributed by atoms with Gasteiger partial charge in [0, 0.05) is 31.8 Å². The maximum absolute atomic E-state index is 12.9. The zero-order valence-electron chi connectivity index (χ0n) is 18.0. The highest BCUT2D eigenvalue weighted by molar-refractivity contribution is 8.00. The summed E-state index contributed by atoms with van der Waals surface area (Å²) in [6.45, 7) is 8.28. The maximum atomic E-state index is 12.9. The van der Waals surface area contributed by atoms with Gasteiger partial charge in [-0.05, 0) is 36.5 Å². The Balaban J connectivity index is 1.56. The summed E-state index contributed by atoms with van der Waals surface area (Å²) in [5, 5.41) is 0. The molecule has 4 rings (SSSR count). The quantitative estimate of drug-likeness (QED) is 0.725. The van der Waals surface area contributed by atoms with Crippen molar-refractivity contribution in [1.29, 1.82) is 0 Å². The smallest absolute Gasteiger partial charge is 0.285 e. The van der Waals surface area contributed by atoms with E-state index < -0.39 is 10.0 Å². The molecule has 2 aliphatic rings. The third-order valence-electron chi connectivity index (χ3n) is 5.83. The fourth-order valence-corrected chi connectivity index (χ4v) is 5.59. The Morgan fingerprint density at radius 2 is 1.81 bits per heavy atom. The summed E-state index contributed by atoms with van der Waals surface area (Å²) in [7, 11) is -3.77. The molecule has 0 bridgehead atoms. The molecule has 2 aromatic rings. The third kappa shape index (κ3) is 4.17. The van der Waals surface area contributed by atoms with E-state index in [-0.39, 0.29) is 10.8 Å². The minimum absolute atomic E-state index is 0.0743. The Bertz CT molecular complexity index is 1130. The number of sulfonamides is 1. The molecule has 3 heterocycles. The first-order valence-corrected chi connectivity index (χ1v) is 11.9. The molecule has 31 heavy (non-hydrogen) atoms. The minimum Gasteiger partial charge on any atom is -0.472 e. The lowest BCUT2D eigenvalue weighted by molar-refractivity contribution is 0.0763. The molecule has 0 atom stereocenters. The van der Waals surface area contributed by atoms with Gasteiger partial charge in [0.05, 0.1) is 11.8 Å². The molecule has 1 amide bonds. The molecule has 1 aromatic carbocycles. The van der Waals surface area contributed by atoms with Gasteiger partial charge in [-0.3, -0.25) is 4.79 Å². The molecule has 0 aliphatic carbocycles. The first-order chi connectivity index (χ1) is 14.8. The fraction of sp³-hybridized carbons (Fsp3) is 0.391. The van der Waals surface area contributed by atoms with Gasteiger partial charge < -0.3 is 14.2 Å². The Kier molecular flexibility index (Phi) is 5.75. The van der Waals surface area contributed by atoms with E-state index in [4.69, 9.17) is 4.42 Å². The van der Waals surface area contributed by atoms with Crippen LogP contribution >= 0.6 is 0 Å². The van der Waals surface area contributed by atoms with Gasteiger partial charge in [-0.1, -0.05) is 38.1 Å². The number of amides is 1. The highest BCUT2D eigenvalue weighted by Crippen LogP contribution is 2.34. The van der Waals surface area contributed by atoms with Crippen LogP contribution in [0.3, 0.4) is 0 Å². The van der Waals surface area contributed by atoms with E-state index in [9.17, 15) is 13.2 Å². The van der Waals surface area contributed by atoms with Gasteiger partial charge in [0.15, 0.2) is 0 Å². The average molecular weight is 442 g/mol. The van der Waals surface area contributed by atoms with Gasteiger partial charge in [0.1, 0.15) is 17.0 Å². The lowest BCUT2D eigenvalue weighted by Crippen LogP contribution is -2.37. The predicted molar refractivity (Wildman–Crippen MR) is 120 cm³/mol. The zero-order chi connectivity index (χ0) is 22.2. The SMILES string of the molecule is CC1=C(c2ccc(C(C)C)cc2)S(=O)(=O)N=C1N1CCCN(C(=O)c2ccoc2)CC1. The van der Waals surface area contributed by atoms with E-state index >= 15 is 0 Å². The highest BCUT2D eigenvalue weighted by atomic mass is 32.2. The van der Waals surface area contributed by atoms with Gasteiger partial charge >= 0.3 is 0 Å². The van der Waals surface area contributed by atoms with E-state index in [1.807, 2.05) is 36.1 Å². The number of rotatable bonds is 3. The van der Waals surface area contributed by atoms with Crippen molar-refractivity contribution in [3.8, 4) is 0 Å². The summed E-state index contributed by atoms with van der Waals surface area (Å²) in [5.41, 5.74) is 3.00. The minimum atomic E-state index is -3.77. The summed E-state index contributed by atoms with van der Waals surface area (Å²) >= 11 is 0. The predicted octanol–water partition coefficient (Wildman–Crippen LogP) is 3.72. The topological polar surface area (TPSA) is 83.2 Å². The number of hydrogen-bond donors (Lipinski definition) is 0. The van der Waals surface area contributed by atoms with Crippen LogP contribution in [0.5, 0.6) is 0 Å². The molecule has 0 spiro atoms. The molecule has 164 valence electrons. The molecule has 8 heteroatoms. The second-order valence-corrected chi connectivity index (χ2v) is 9.81. The van der Waals surface area contributed by atoms with E-state index in [0.29, 0.717) is 54.6 Å². The van der Waals surface area contributed by atoms with Crippen molar-refractivity contribution >= 4 is 26.7 Å². The number of nitrogens with zero attached hydrogens (tertiary/aromatic N) is 3. The largest absolute Gasteiger partial charge is 0.472 e. The highest BCUT2D eigenvalue weighted by Gasteiger charge is 2.34. The van der Waals surface area contributed by atoms with E-state index in [1.54, 1.807) is 11.0 Å². The number of hydrogen-bond acceptors (Lipinski definition) is 5. The van der Waals surface area contributed by atoms with Gasteiger partial charge in [-0.2, -0.15) is 8.42 Å². The van der Waals surface area contributed by atoms with E-state index in [2.05, 4.69) is 18.2 Å². The summed E-state index contributed by atoms with van der Waals surface area (Å²) in [4.78, 5) is 16.7. The van der Waals surface area contributed by atoms with Gasteiger partial charge in [-0.15, -0.1) is 4.40 Å². The molecule has 0 N–H and O–H groups in total.